The number of aromatic amines is 1. The molecule has 5 rings (SSSR count). The maximum Gasteiger partial charge on any atom is 0.151 e. The second-order valence-electron chi connectivity index (χ2n) is 10.1. The van der Waals surface area contributed by atoms with Gasteiger partial charge in [-0.3, -0.25) is 0 Å². The lowest BCUT2D eigenvalue weighted by molar-refractivity contribution is 0.0391. The first-order valence-corrected chi connectivity index (χ1v) is 11.9. The van der Waals surface area contributed by atoms with Crippen LogP contribution in [0.2, 0.25) is 0 Å². The summed E-state index contributed by atoms with van der Waals surface area (Å²) >= 11 is 0. The summed E-state index contributed by atoms with van der Waals surface area (Å²) < 4.78 is 0. The summed E-state index contributed by atoms with van der Waals surface area (Å²) in [5, 5.41) is 20.8. The number of hydrogen-bond donors (Lipinski definition) is 2. The van der Waals surface area contributed by atoms with Gasteiger partial charge < -0.3 is 19.9 Å². The monoisotopic (exact) mass is 455 g/mol. The quantitative estimate of drug-likeness (QED) is 0.422. The SMILES string of the molecule is CC1C(N(C)c2ccc(-c3cc(-c4cc5ccccc5[nH]4)ccc3O)nn2)CCN(C)C1(C)C. The molecule has 1 aliphatic heterocycles. The smallest absolute Gasteiger partial charge is 0.151 e. The average Bonchev–Trinajstić information content (AvgIpc) is 3.27. The second-order valence-corrected chi connectivity index (χ2v) is 10.1. The third kappa shape index (κ3) is 3.82. The fourth-order valence-electron chi connectivity index (χ4n) is 5.18. The summed E-state index contributed by atoms with van der Waals surface area (Å²) in [6.07, 6.45) is 1.09. The summed E-state index contributed by atoms with van der Waals surface area (Å²) in [7, 11) is 4.32. The van der Waals surface area contributed by atoms with Crippen LogP contribution in [0.3, 0.4) is 0 Å². The number of rotatable bonds is 4. The molecule has 6 heteroatoms. The number of nitrogens with one attached hydrogen (secondary N) is 1. The van der Waals surface area contributed by atoms with Gasteiger partial charge in [-0.25, -0.2) is 0 Å². The van der Waals surface area contributed by atoms with Gasteiger partial charge in [0.25, 0.3) is 0 Å². The molecule has 2 N–H and O–H groups in total. The van der Waals surface area contributed by atoms with Crippen LogP contribution in [0.4, 0.5) is 5.82 Å². The number of nitrogens with zero attached hydrogens (tertiary/aromatic N) is 4. The van der Waals surface area contributed by atoms with E-state index in [0.29, 0.717) is 23.2 Å². The molecule has 1 saturated heterocycles. The largest absolute Gasteiger partial charge is 0.507 e. The van der Waals surface area contributed by atoms with E-state index in [2.05, 4.69) is 78.0 Å². The van der Waals surface area contributed by atoms with Crippen LogP contribution in [0.5, 0.6) is 5.75 Å². The van der Waals surface area contributed by atoms with Gasteiger partial charge in [0.2, 0.25) is 0 Å². The van der Waals surface area contributed by atoms with Crippen LogP contribution in [0.15, 0.2) is 60.7 Å². The first kappa shape index (κ1) is 22.4. The van der Waals surface area contributed by atoms with Gasteiger partial charge in [-0.15, -0.1) is 10.2 Å². The molecule has 0 amide bonds. The first-order chi connectivity index (χ1) is 16.3. The topological polar surface area (TPSA) is 68.3 Å². The van der Waals surface area contributed by atoms with E-state index in [1.165, 1.54) is 0 Å². The normalized spacial score (nSPS) is 20.5. The molecule has 3 heterocycles. The second kappa shape index (κ2) is 8.44. The van der Waals surface area contributed by atoms with Crippen molar-refractivity contribution in [3.8, 4) is 28.3 Å². The van der Waals surface area contributed by atoms with Gasteiger partial charge in [0.05, 0.1) is 5.69 Å². The van der Waals surface area contributed by atoms with Crippen molar-refractivity contribution in [2.24, 2.45) is 5.92 Å². The molecule has 0 radical (unpaired) electrons. The van der Waals surface area contributed by atoms with Crippen molar-refractivity contribution < 1.29 is 5.11 Å². The molecule has 2 unspecified atom stereocenters. The minimum Gasteiger partial charge on any atom is -0.507 e. The van der Waals surface area contributed by atoms with Gasteiger partial charge in [0.15, 0.2) is 5.82 Å². The third-order valence-electron chi connectivity index (χ3n) is 8.06. The van der Waals surface area contributed by atoms with Crippen molar-refractivity contribution in [2.75, 3.05) is 25.5 Å². The molecular weight excluding hydrogens is 422 g/mol. The number of likely N-dealkylation sites (tertiary alicyclic amines) is 1. The Balaban J connectivity index is 1.42. The standard InChI is InChI=1S/C28H33N5O/c1-18-25(14-15-32(4)28(18,2)3)33(5)27-13-11-23(30-31-27)21-16-20(10-12-26(21)34)24-17-19-8-6-7-9-22(19)29-24/h6-13,16-18,25,29,34H,14-15H2,1-5H3. The maximum absolute atomic E-state index is 10.6. The molecule has 4 aromatic rings. The molecule has 6 nitrogen and oxygen atoms in total. The van der Waals surface area contributed by atoms with Crippen molar-refractivity contribution >= 4 is 16.7 Å². The number of piperidine rings is 1. The first-order valence-electron chi connectivity index (χ1n) is 11.9. The van der Waals surface area contributed by atoms with E-state index in [4.69, 9.17) is 0 Å². The van der Waals surface area contributed by atoms with Gasteiger partial charge in [0, 0.05) is 47.3 Å². The number of para-hydroxylation sites is 1. The van der Waals surface area contributed by atoms with Gasteiger partial charge in [-0.05, 0) is 81.3 Å². The predicted octanol–water partition coefficient (Wildman–Crippen LogP) is 5.55. The zero-order chi connectivity index (χ0) is 24.0. The molecule has 2 atom stereocenters. The summed E-state index contributed by atoms with van der Waals surface area (Å²) in [5.41, 5.74) is 4.54. The number of phenolic OH excluding ortho intramolecular Hbond substituents is 1. The van der Waals surface area contributed by atoms with E-state index in [1.807, 2.05) is 36.4 Å². The molecule has 1 aliphatic rings. The number of benzene rings is 2. The number of aromatic nitrogens is 3. The van der Waals surface area contributed by atoms with Crippen molar-refractivity contribution in [1.29, 1.82) is 0 Å². The summed E-state index contributed by atoms with van der Waals surface area (Å²) in [5.74, 6) is 1.53. The highest BCUT2D eigenvalue weighted by Crippen LogP contribution is 2.37. The van der Waals surface area contributed by atoms with Crippen molar-refractivity contribution in [3.63, 3.8) is 0 Å². The van der Waals surface area contributed by atoms with Crippen molar-refractivity contribution in [2.45, 2.75) is 38.8 Å². The van der Waals surface area contributed by atoms with Crippen LogP contribution in [-0.4, -0.2) is 57.4 Å². The van der Waals surface area contributed by atoms with Gasteiger partial charge in [-0.1, -0.05) is 25.1 Å². The summed E-state index contributed by atoms with van der Waals surface area (Å²) in [4.78, 5) is 8.16. The minimum atomic E-state index is 0.124. The van der Waals surface area contributed by atoms with Gasteiger partial charge in [0.1, 0.15) is 5.75 Å². The zero-order valence-corrected chi connectivity index (χ0v) is 20.6. The molecule has 2 aromatic carbocycles. The number of hydrogen-bond acceptors (Lipinski definition) is 5. The molecule has 176 valence electrons. The van der Waals surface area contributed by atoms with E-state index in [9.17, 15) is 5.11 Å². The molecule has 0 bridgehead atoms. The van der Waals surface area contributed by atoms with Gasteiger partial charge in [-0.2, -0.15) is 0 Å². The van der Waals surface area contributed by atoms with Crippen molar-refractivity contribution in [1.82, 2.24) is 20.1 Å². The van der Waals surface area contributed by atoms with Crippen LogP contribution >= 0.6 is 0 Å². The lowest BCUT2D eigenvalue weighted by Crippen LogP contribution is -2.59. The number of fused-ring (bicyclic) bond motifs is 1. The molecule has 0 spiro atoms. The van der Waals surface area contributed by atoms with E-state index >= 15 is 0 Å². The van der Waals surface area contributed by atoms with Gasteiger partial charge >= 0.3 is 0 Å². The molecule has 0 saturated carbocycles. The Morgan fingerprint density at radius 3 is 2.59 bits per heavy atom. The highest BCUT2D eigenvalue weighted by Gasteiger charge is 2.41. The Morgan fingerprint density at radius 1 is 1.06 bits per heavy atom. The van der Waals surface area contributed by atoms with Crippen LogP contribution < -0.4 is 4.90 Å². The molecule has 34 heavy (non-hydrogen) atoms. The Morgan fingerprint density at radius 2 is 1.85 bits per heavy atom. The Hall–Kier alpha value is -3.38. The van der Waals surface area contributed by atoms with E-state index < -0.39 is 0 Å². The Labute approximate surface area is 201 Å². The fourth-order valence-corrected chi connectivity index (χ4v) is 5.18. The maximum atomic E-state index is 10.6. The summed E-state index contributed by atoms with van der Waals surface area (Å²) in [6, 6.07) is 20.3. The van der Waals surface area contributed by atoms with Crippen LogP contribution in [0, 0.1) is 5.92 Å². The number of anilines is 1. The van der Waals surface area contributed by atoms with Crippen LogP contribution in [0.1, 0.15) is 27.2 Å². The number of H-pyrrole nitrogens is 1. The fraction of sp³-hybridized carbons (Fsp3) is 0.357. The predicted molar refractivity (Wildman–Crippen MR) is 139 cm³/mol. The minimum absolute atomic E-state index is 0.124. The van der Waals surface area contributed by atoms with E-state index in [1.54, 1.807) is 6.07 Å². The zero-order valence-electron chi connectivity index (χ0n) is 20.6. The van der Waals surface area contributed by atoms with Crippen LogP contribution in [-0.2, 0) is 0 Å². The van der Waals surface area contributed by atoms with Crippen LogP contribution in [0.25, 0.3) is 33.4 Å². The Bertz CT molecular complexity index is 1280. The third-order valence-corrected chi connectivity index (χ3v) is 8.06. The Kier molecular flexibility index (Phi) is 5.56. The molecule has 0 aliphatic carbocycles. The summed E-state index contributed by atoms with van der Waals surface area (Å²) in [6.45, 7) is 8.02. The highest BCUT2D eigenvalue weighted by molar-refractivity contribution is 5.87. The highest BCUT2D eigenvalue weighted by atomic mass is 16.3. The van der Waals surface area contributed by atoms with E-state index in [0.717, 1.165) is 40.9 Å². The molecular formula is C28H33N5O. The van der Waals surface area contributed by atoms with Crippen molar-refractivity contribution in [3.05, 3.63) is 60.7 Å². The number of phenols is 1. The lowest BCUT2D eigenvalue weighted by Gasteiger charge is -2.51. The molecule has 2 aromatic heterocycles. The lowest BCUT2D eigenvalue weighted by atomic mass is 9.77. The average molecular weight is 456 g/mol. The number of aromatic hydroxyl groups is 1. The molecule has 1 fully saturated rings. The van der Waals surface area contributed by atoms with E-state index in [-0.39, 0.29) is 11.3 Å².